The third-order valence-electron chi connectivity index (χ3n) is 4.56. The minimum absolute atomic E-state index is 0.101. The van der Waals surface area contributed by atoms with E-state index in [9.17, 15) is 4.79 Å². The fourth-order valence-electron chi connectivity index (χ4n) is 3.11. The number of pyridine rings is 1. The summed E-state index contributed by atoms with van der Waals surface area (Å²) in [4.78, 5) is 23.3. The zero-order valence-electron chi connectivity index (χ0n) is 15.5. The van der Waals surface area contributed by atoms with E-state index in [1.54, 1.807) is 25.4 Å². The molecule has 1 saturated heterocycles. The molecule has 1 aliphatic rings. The molecule has 144 valence electrons. The Hall–Kier alpha value is -3.42. The van der Waals surface area contributed by atoms with Crippen molar-refractivity contribution in [2.75, 3.05) is 25.1 Å². The molecule has 28 heavy (non-hydrogen) atoms. The van der Waals surface area contributed by atoms with Gasteiger partial charge in [0.05, 0.1) is 7.11 Å². The van der Waals surface area contributed by atoms with Crippen molar-refractivity contribution in [3.63, 3.8) is 0 Å². The first-order valence-electron chi connectivity index (χ1n) is 9.08. The minimum Gasteiger partial charge on any atom is -0.497 e. The lowest BCUT2D eigenvalue weighted by Gasteiger charge is -2.18. The van der Waals surface area contributed by atoms with Crippen molar-refractivity contribution in [2.24, 2.45) is 0 Å². The van der Waals surface area contributed by atoms with Gasteiger partial charge in [0, 0.05) is 24.8 Å². The molecule has 0 N–H and O–H groups in total. The highest BCUT2D eigenvalue weighted by Crippen LogP contribution is 2.23. The van der Waals surface area contributed by atoms with Crippen molar-refractivity contribution < 1.29 is 18.8 Å². The molecule has 0 radical (unpaired) electrons. The van der Waals surface area contributed by atoms with Gasteiger partial charge >= 0.3 is 5.97 Å². The zero-order chi connectivity index (χ0) is 19.3. The quantitative estimate of drug-likeness (QED) is 0.603. The SMILES string of the molecule is COc1ccc(-c2noc(COC(=O)c3cccnc3N3CCCC3)n2)cc1. The third kappa shape index (κ3) is 3.80. The highest BCUT2D eigenvalue weighted by Gasteiger charge is 2.22. The van der Waals surface area contributed by atoms with Gasteiger partial charge in [-0.15, -0.1) is 0 Å². The van der Waals surface area contributed by atoms with Crippen molar-refractivity contribution in [1.29, 1.82) is 0 Å². The summed E-state index contributed by atoms with van der Waals surface area (Å²) in [6, 6.07) is 10.7. The maximum Gasteiger partial charge on any atom is 0.342 e. The van der Waals surface area contributed by atoms with Crippen LogP contribution in [0.15, 0.2) is 47.1 Å². The molecule has 1 aliphatic heterocycles. The summed E-state index contributed by atoms with van der Waals surface area (Å²) in [5, 5.41) is 3.93. The summed E-state index contributed by atoms with van der Waals surface area (Å²) in [5.74, 6) is 1.60. The van der Waals surface area contributed by atoms with Gasteiger partial charge in [-0.1, -0.05) is 5.16 Å². The molecular weight excluding hydrogens is 360 g/mol. The molecule has 3 heterocycles. The number of nitrogens with zero attached hydrogens (tertiary/aromatic N) is 4. The largest absolute Gasteiger partial charge is 0.497 e. The summed E-state index contributed by atoms with van der Waals surface area (Å²) < 4.78 is 15.7. The second kappa shape index (κ2) is 8.08. The van der Waals surface area contributed by atoms with Gasteiger partial charge in [0.1, 0.15) is 17.1 Å². The van der Waals surface area contributed by atoms with Crippen molar-refractivity contribution in [3.8, 4) is 17.1 Å². The van der Waals surface area contributed by atoms with E-state index in [1.165, 1.54) is 0 Å². The lowest BCUT2D eigenvalue weighted by Crippen LogP contribution is -2.22. The molecule has 0 saturated carbocycles. The Bertz CT molecular complexity index is 949. The summed E-state index contributed by atoms with van der Waals surface area (Å²) in [6.07, 6.45) is 3.88. The molecule has 0 atom stereocenters. The molecule has 0 amide bonds. The van der Waals surface area contributed by atoms with Crippen molar-refractivity contribution in [2.45, 2.75) is 19.4 Å². The van der Waals surface area contributed by atoms with Gasteiger partial charge in [-0.05, 0) is 49.2 Å². The number of methoxy groups -OCH3 is 1. The first-order valence-corrected chi connectivity index (χ1v) is 9.08. The Labute approximate surface area is 162 Å². The monoisotopic (exact) mass is 380 g/mol. The number of aromatic nitrogens is 3. The smallest absolute Gasteiger partial charge is 0.342 e. The number of benzene rings is 1. The normalized spacial score (nSPS) is 13.5. The highest BCUT2D eigenvalue weighted by molar-refractivity contribution is 5.94. The van der Waals surface area contributed by atoms with Crippen LogP contribution in [0.25, 0.3) is 11.4 Å². The number of hydrogen-bond acceptors (Lipinski definition) is 8. The number of ether oxygens (including phenoxy) is 2. The maximum atomic E-state index is 12.6. The number of carbonyl (C=O) groups excluding carboxylic acids is 1. The van der Waals surface area contributed by atoms with Gasteiger partial charge < -0.3 is 18.9 Å². The molecule has 8 heteroatoms. The highest BCUT2D eigenvalue weighted by atomic mass is 16.6. The van der Waals surface area contributed by atoms with Crippen LogP contribution in [-0.2, 0) is 11.3 Å². The molecule has 2 aromatic heterocycles. The fraction of sp³-hybridized carbons (Fsp3) is 0.300. The summed E-state index contributed by atoms with van der Waals surface area (Å²) in [6.45, 7) is 1.69. The molecular formula is C20H20N4O4. The molecule has 3 aromatic rings. The second-order valence-corrected chi connectivity index (χ2v) is 6.39. The van der Waals surface area contributed by atoms with Crippen LogP contribution in [0.5, 0.6) is 5.75 Å². The van der Waals surface area contributed by atoms with E-state index in [-0.39, 0.29) is 12.5 Å². The van der Waals surface area contributed by atoms with Crippen LogP contribution >= 0.6 is 0 Å². The Morgan fingerprint density at radius 3 is 2.71 bits per heavy atom. The van der Waals surface area contributed by atoms with E-state index in [2.05, 4.69) is 20.0 Å². The van der Waals surface area contributed by atoms with Gasteiger partial charge in [0.25, 0.3) is 5.89 Å². The fourth-order valence-corrected chi connectivity index (χ4v) is 3.11. The molecule has 0 unspecified atom stereocenters. The van der Waals surface area contributed by atoms with Crippen LogP contribution in [0.3, 0.4) is 0 Å². The number of esters is 1. The van der Waals surface area contributed by atoms with E-state index in [1.807, 2.05) is 24.3 Å². The predicted octanol–water partition coefficient (Wildman–Crippen LogP) is 3.10. The van der Waals surface area contributed by atoms with E-state index in [0.29, 0.717) is 17.2 Å². The first kappa shape index (κ1) is 18.0. The molecule has 0 aliphatic carbocycles. The van der Waals surface area contributed by atoms with Gasteiger partial charge in [-0.2, -0.15) is 4.98 Å². The Morgan fingerprint density at radius 2 is 1.96 bits per heavy atom. The Kier molecular flexibility index (Phi) is 5.18. The molecule has 4 rings (SSSR count). The number of anilines is 1. The van der Waals surface area contributed by atoms with Crippen LogP contribution in [0.1, 0.15) is 29.1 Å². The third-order valence-corrected chi connectivity index (χ3v) is 4.56. The van der Waals surface area contributed by atoms with E-state index in [4.69, 9.17) is 14.0 Å². The lowest BCUT2D eigenvalue weighted by atomic mass is 10.2. The average Bonchev–Trinajstić information content (AvgIpc) is 3.44. The van der Waals surface area contributed by atoms with Crippen LogP contribution in [-0.4, -0.2) is 41.3 Å². The Morgan fingerprint density at radius 1 is 1.18 bits per heavy atom. The molecule has 8 nitrogen and oxygen atoms in total. The van der Waals surface area contributed by atoms with Crippen molar-refractivity contribution in [1.82, 2.24) is 15.1 Å². The summed E-state index contributed by atoms with van der Waals surface area (Å²) in [7, 11) is 1.60. The number of carbonyl (C=O) groups is 1. The number of rotatable bonds is 6. The van der Waals surface area contributed by atoms with Gasteiger partial charge in [-0.25, -0.2) is 9.78 Å². The topological polar surface area (TPSA) is 90.6 Å². The standard InChI is InChI=1S/C20H20N4O4/c1-26-15-8-6-14(7-9-15)18-22-17(28-23-18)13-27-20(25)16-5-4-10-21-19(16)24-11-2-3-12-24/h4-10H,2-3,11-13H2,1H3. The van der Waals surface area contributed by atoms with Crippen LogP contribution in [0, 0.1) is 0 Å². The van der Waals surface area contributed by atoms with Crippen molar-refractivity contribution >= 4 is 11.8 Å². The van der Waals surface area contributed by atoms with E-state index in [0.717, 1.165) is 37.2 Å². The van der Waals surface area contributed by atoms with Crippen LogP contribution < -0.4 is 9.64 Å². The summed E-state index contributed by atoms with van der Waals surface area (Å²) in [5.41, 5.74) is 1.23. The van der Waals surface area contributed by atoms with E-state index < -0.39 is 5.97 Å². The minimum atomic E-state index is -0.459. The Balaban J connectivity index is 1.42. The number of hydrogen-bond donors (Lipinski definition) is 0. The van der Waals surface area contributed by atoms with Crippen LogP contribution in [0.4, 0.5) is 5.82 Å². The first-order chi connectivity index (χ1) is 13.7. The predicted molar refractivity (Wildman–Crippen MR) is 101 cm³/mol. The molecule has 1 fully saturated rings. The van der Waals surface area contributed by atoms with Gasteiger partial charge in [0.15, 0.2) is 6.61 Å². The van der Waals surface area contributed by atoms with Crippen LogP contribution in [0.2, 0.25) is 0 Å². The molecule has 0 spiro atoms. The zero-order valence-corrected chi connectivity index (χ0v) is 15.5. The van der Waals surface area contributed by atoms with Crippen molar-refractivity contribution in [3.05, 3.63) is 54.0 Å². The second-order valence-electron chi connectivity index (χ2n) is 6.39. The lowest BCUT2D eigenvalue weighted by molar-refractivity contribution is 0.0430. The van der Waals surface area contributed by atoms with E-state index >= 15 is 0 Å². The maximum absolute atomic E-state index is 12.6. The van der Waals surface area contributed by atoms with Gasteiger partial charge in [0.2, 0.25) is 5.82 Å². The summed E-state index contributed by atoms with van der Waals surface area (Å²) >= 11 is 0. The average molecular weight is 380 g/mol. The molecule has 1 aromatic carbocycles. The van der Waals surface area contributed by atoms with Gasteiger partial charge in [-0.3, -0.25) is 0 Å². The molecule has 0 bridgehead atoms.